The largest absolute Gasteiger partial charge is 0.345 e. The number of imidazole rings is 2. The quantitative estimate of drug-likeness (QED) is 0.798. The molecular formula is C18H21N5. The second-order valence-electron chi connectivity index (χ2n) is 5.06. The van der Waals surface area contributed by atoms with Crippen molar-refractivity contribution in [1.82, 2.24) is 19.5 Å². The first kappa shape index (κ1) is 16.5. The van der Waals surface area contributed by atoms with Crippen molar-refractivity contribution >= 4 is 0 Å². The van der Waals surface area contributed by atoms with E-state index in [-0.39, 0.29) is 0 Å². The lowest BCUT2D eigenvalue weighted by Gasteiger charge is -2.01. The van der Waals surface area contributed by atoms with Gasteiger partial charge in [0.1, 0.15) is 11.6 Å². The summed E-state index contributed by atoms with van der Waals surface area (Å²) in [5.41, 5.74) is 2.15. The number of aryl methyl sites for hydroxylation is 3. The highest BCUT2D eigenvalue weighted by Crippen LogP contribution is 2.11. The van der Waals surface area contributed by atoms with E-state index in [1.54, 1.807) is 6.20 Å². The van der Waals surface area contributed by atoms with Crippen molar-refractivity contribution in [3.63, 3.8) is 0 Å². The van der Waals surface area contributed by atoms with Crippen molar-refractivity contribution in [2.45, 2.75) is 33.2 Å². The Morgan fingerprint density at radius 1 is 1.26 bits per heavy atom. The molecule has 118 valence electrons. The molecule has 0 radical (unpaired) electrons. The third kappa shape index (κ3) is 4.82. The number of H-pyrrole nitrogens is 1. The molecule has 0 bridgehead atoms. The lowest BCUT2D eigenvalue weighted by molar-refractivity contribution is 0.670. The van der Waals surface area contributed by atoms with Crippen LogP contribution in [0, 0.1) is 18.3 Å². The summed E-state index contributed by atoms with van der Waals surface area (Å²) in [4.78, 5) is 11.5. The van der Waals surface area contributed by atoms with Crippen LogP contribution in [0.4, 0.5) is 0 Å². The average molecular weight is 307 g/mol. The summed E-state index contributed by atoms with van der Waals surface area (Å²) in [5.74, 6) is 1.99. The van der Waals surface area contributed by atoms with Crippen molar-refractivity contribution in [3.05, 3.63) is 60.4 Å². The van der Waals surface area contributed by atoms with Gasteiger partial charge in [-0.2, -0.15) is 5.26 Å². The van der Waals surface area contributed by atoms with Crippen LogP contribution in [0.25, 0.3) is 11.4 Å². The van der Waals surface area contributed by atoms with Crippen molar-refractivity contribution in [1.29, 1.82) is 5.26 Å². The molecule has 0 unspecified atom stereocenters. The van der Waals surface area contributed by atoms with Gasteiger partial charge in [0.2, 0.25) is 0 Å². The topological polar surface area (TPSA) is 70.3 Å². The molecule has 23 heavy (non-hydrogen) atoms. The van der Waals surface area contributed by atoms with E-state index in [2.05, 4.69) is 32.5 Å². The highest BCUT2D eigenvalue weighted by molar-refractivity contribution is 5.53. The Balaban J connectivity index is 0.000000167. The molecule has 3 rings (SSSR count). The lowest BCUT2D eigenvalue weighted by atomic mass is 10.2. The highest BCUT2D eigenvalue weighted by atomic mass is 15.1. The van der Waals surface area contributed by atoms with Crippen LogP contribution < -0.4 is 0 Å². The zero-order valence-electron chi connectivity index (χ0n) is 13.5. The minimum absolute atomic E-state index is 0.558. The predicted molar refractivity (Wildman–Crippen MR) is 90.6 cm³/mol. The molecule has 0 saturated carbocycles. The van der Waals surface area contributed by atoms with Crippen LogP contribution in [0.1, 0.15) is 24.9 Å². The zero-order valence-corrected chi connectivity index (χ0v) is 13.5. The highest BCUT2D eigenvalue weighted by Gasteiger charge is 2.01. The summed E-state index contributed by atoms with van der Waals surface area (Å²) in [6.07, 6.45) is 7.06. The van der Waals surface area contributed by atoms with E-state index < -0.39 is 0 Å². The normalized spacial score (nSPS) is 9.78. The predicted octanol–water partition coefficient (Wildman–Crippen LogP) is 3.74. The molecule has 3 aromatic rings. The Labute approximate surface area is 136 Å². The number of nitriles is 1. The van der Waals surface area contributed by atoms with Crippen LogP contribution in [0.3, 0.4) is 0 Å². The number of nitrogens with one attached hydrogen (secondary N) is 1. The van der Waals surface area contributed by atoms with Crippen molar-refractivity contribution in [2.24, 2.45) is 0 Å². The van der Waals surface area contributed by atoms with Crippen LogP contribution in [-0.4, -0.2) is 19.5 Å². The number of hydrogen-bond donors (Lipinski definition) is 1. The smallest absolute Gasteiger partial charge is 0.137 e. The molecule has 0 amide bonds. The fraction of sp³-hybridized carbons (Fsp3) is 0.278. The van der Waals surface area contributed by atoms with Gasteiger partial charge >= 0.3 is 0 Å². The first-order valence-corrected chi connectivity index (χ1v) is 7.69. The third-order valence-electron chi connectivity index (χ3n) is 3.31. The number of rotatable bonds is 4. The Hall–Kier alpha value is -2.87. The summed E-state index contributed by atoms with van der Waals surface area (Å²) in [6, 6.07) is 12.2. The van der Waals surface area contributed by atoms with Gasteiger partial charge < -0.3 is 9.55 Å². The molecule has 2 aromatic heterocycles. The van der Waals surface area contributed by atoms with E-state index in [0.717, 1.165) is 35.9 Å². The average Bonchev–Trinajstić information content (AvgIpc) is 3.23. The van der Waals surface area contributed by atoms with Gasteiger partial charge in [0, 0.05) is 37.1 Å². The summed E-state index contributed by atoms with van der Waals surface area (Å²) in [7, 11) is 0. The van der Waals surface area contributed by atoms with Gasteiger partial charge in [-0.05, 0) is 6.92 Å². The van der Waals surface area contributed by atoms with Crippen LogP contribution in [0.2, 0.25) is 0 Å². The molecule has 1 N–H and O–H groups in total. The minimum atomic E-state index is 0.558. The van der Waals surface area contributed by atoms with E-state index >= 15 is 0 Å². The van der Waals surface area contributed by atoms with E-state index in [1.807, 2.05) is 49.6 Å². The third-order valence-corrected chi connectivity index (χ3v) is 3.31. The fourth-order valence-electron chi connectivity index (χ4n) is 2.26. The van der Waals surface area contributed by atoms with Gasteiger partial charge in [-0.15, -0.1) is 0 Å². The van der Waals surface area contributed by atoms with Gasteiger partial charge in [0.15, 0.2) is 0 Å². The van der Waals surface area contributed by atoms with Crippen molar-refractivity contribution in [2.75, 3.05) is 0 Å². The maximum Gasteiger partial charge on any atom is 0.137 e. The molecule has 2 heterocycles. The zero-order chi connectivity index (χ0) is 16.5. The van der Waals surface area contributed by atoms with Gasteiger partial charge in [-0.3, -0.25) is 0 Å². The Morgan fingerprint density at radius 2 is 2.04 bits per heavy atom. The van der Waals surface area contributed by atoms with Crippen LogP contribution in [0.15, 0.2) is 48.9 Å². The molecule has 0 aliphatic heterocycles. The molecule has 1 aromatic carbocycles. The summed E-state index contributed by atoms with van der Waals surface area (Å²) in [5, 5.41) is 8.41. The van der Waals surface area contributed by atoms with Crippen LogP contribution in [0.5, 0.6) is 0 Å². The van der Waals surface area contributed by atoms with Gasteiger partial charge in [-0.25, -0.2) is 9.97 Å². The van der Waals surface area contributed by atoms with E-state index in [0.29, 0.717) is 6.42 Å². The Kier molecular flexibility index (Phi) is 6.13. The summed E-state index contributed by atoms with van der Waals surface area (Å²) in [6.45, 7) is 4.81. The van der Waals surface area contributed by atoms with Crippen LogP contribution in [-0.2, 0) is 13.0 Å². The Bertz CT molecular complexity index is 736. The minimum Gasteiger partial charge on any atom is -0.345 e. The molecule has 0 spiro atoms. The van der Waals surface area contributed by atoms with Crippen LogP contribution >= 0.6 is 0 Å². The second kappa shape index (κ2) is 8.54. The SMILES string of the molecule is CCc1nc(C)cn1CCC#N.c1ccc(-c2ncc[nH]2)cc1. The fourth-order valence-corrected chi connectivity index (χ4v) is 2.26. The van der Waals surface area contributed by atoms with Crippen molar-refractivity contribution < 1.29 is 0 Å². The molecule has 0 aliphatic carbocycles. The molecule has 0 atom stereocenters. The first-order chi connectivity index (χ1) is 11.2. The van der Waals surface area contributed by atoms with E-state index in [9.17, 15) is 0 Å². The molecule has 0 saturated heterocycles. The number of aromatic nitrogens is 4. The standard InChI is InChI=1S/C9H13N3.C9H8N2/c1-3-9-11-8(2)7-12(9)6-4-5-10;1-2-4-8(5-3-1)9-10-6-7-11-9/h7H,3-4,6H2,1-2H3;1-7H,(H,10,11). The maximum absolute atomic E-state index is 8.41. The van der Waals surface area contributed by atoms with Gasteiger partial charge in [-0.1, -0.05) is 37.3 Å². The number of aromatic amines is 1. The first-order valence-electron chi connectivity index (χ1n) is 7.69. The number of hydrogen-bond acceptors (Lipinski definition) is 3. The number of benzene rings is 1. The summed E-state index contributed by atoms with van der Waals surface area (Å²) >= 11 is 0. The van der Waals surface area contributed by atoms with Crippen molar-refractivity contribution in [3.8, 4) is 17.5 Å². The lowest BCUT2D eigenvalue weighted by Crippen LogP contribution is -2.00. The molecule has 5 nitrogen and oxygen atoms in total. The maximum atomic E-state index is 8.41. The molecule has 0 fully saturated rings. The molecular weight excluding hydrogens is 286 g/mol. The van der Waals surface area contributed by atoms with Gasteiger partial charge in [0.05, 0.1) is 18.2 Å². The summed E-state index contributed by atoms with van der Waals surface area (Å²) < 4.78 is 2.05. The number of nitrogens with zero attached hydrogens (tertiary/aromatic N) is 4. The van der Waals surface area contributed by atoms with E-state index in [1.165, 1.54) is 0 Å². The van der Waals surface area contributed by atoms with E-state index in [4.69, 9.17) is 5.26 Å². The second-order valence-corrected chi connectivity index (χ2v) is 5.06. The Morgan fingerprint density at radius 3 is 2.65 bits per heavy atom. The molecule has 5 heteroatoms. The van der Waals surface area contributed by atoms with Gasteiger partial charge in [0.25, 0.3) is 0 Å². The monoisotopic (exact) mass is 307 g/mol. The molecule has 0 aliphatic rings.